The van der Waals surface area contributed by atoms with Crippen molar-refractivity contribution in [3.8, 4) is 5.75 Å². The predicted molar refractivity (Wildman–Crippen MR) is 125 cm³/mol. The SMILES string of the molecule is CCC(C)Oc1cc(C)ccc1CNC(=NC)NCCc1c(C)noc1C.I. The van der Waals surface area contributed by atoms with Crippen LogP contribution in [0.5, 0.6) is 5.75 Å². The predicted octanol–water partition coefficient (Wildman–Crippen LogP) is 4.30. The summed E-state index contributed by atoms with van der Waals surface area (Å²) in [5.41, 5.74) is 4.41. The first-order valence-corrected chi connectivity index (χ1v) is 9.57. The molecule has 7 heteroatoms. The van der Waals surface area contributed by atoms with Gasteiger partial charge in [0, 0.05) is 31.3 Å². The lowest BCUT2D eigenvalue weighted by atomic mass is 10.1. The van der Waals surface area contributed by atoms with Gasteiger partial charge in [-0.1, -0.05) is 24.2 Å². The number of hydrogen-bond donors (Lipinski definition) is 2. The largest absolute Gasteiger partial charge is 0.490 e. The molecule has 0 saturated heterocycles. The molecule has 2 rings (SSSR count). The molecule has 156 valence electrons. The van der Waals surface area contributed by atoms with Gasteiger partial charge in [0.2, 0.25) is 0 Å². The number of rotatable bonds is 8. The minimum atomic E-state index is 0. The molecule has 1 unspecified atom stereocenters. The molecule has 1 aromatic carbocycles. The first-order valence-electron chi connectivity index (χ1n) is 9.57. The van der Waals surface area contributed by atoms with Crippen molar-refractivity contribution in [2.75, 3.05) is 13.6 Å². The number of aromatic nitrogens is 1. The lowest BCUT2D eigenvalue weighted by Gasteiger charge is -2.18. The first-order chi connectivity index (χ1) is 12.9. The molecule has 2 N–H and O–H groups in total. The lowest BCUT2D eigenvalue weighted by molar-refractivity contribution is 0.215. The molecule has 0 bridgehead atoms. The van der Waals surface area contributed by atoms with E-state index < -0.39 is 0 Å². The Morgan fingerprint density at radius 2 is 2.00 bits per heavy atom. The van der Waals surface area contributed by atoms with Gasteiger partial charge < -0.3 is 19.9 Å². The summed E-state index contributed by atoms with van der Waals surface area (Å²) in [5.74, 6) is 2.57. The van der Waals surface area contributed by atoms with Crippen LogP contribution in [0.2, 0.25) is 0 Å². The molecular weight excluding hydrogens is 467 g/mol. The van der Waals surface area contributed by atoms with Crippen LogP contribution in [0.1, 0.15) is 48.4 Å². The molecule has 1 heterocycles. The molecule has 0 spiro atoms. The van der Waals surface area contributed by atoms with E-state index in [-0.39, 0.29) is 30.1 Å². The quantitative estimate of drug-likeness (QED) is 0.321. The molecule has 0 radical (unpaired) electrons. The summed E-state index contributed by atoms with van der Waals surface area (Å²) in [6.07, 6.45) is 2.01. The molecule has 1 aromatic heterocycles. The van der Waals surface area contributed by atoms with Crippen LogP contribution in [0.25, 0.3) is 0 Å². The molecule has 0 saturated carbocycles. The monoisotopic (exact) mass is 500 g/mol. The Morgan fingerprint density at radius 1 is 1.25 bits per heavy atom. The number of aliphatic imine (C=N–C) groups is 1. The van der Waals surface area contributed by atoms with Crippen LogP contribution in [-0.4, -0.2) is 30.8 Å². The van der Waals surface area contributed by atoms with E-state index >= 15 is 0 Å². The molecule has 28 heavy (non-hydrogen) atoms. The van der Waals surface area contributed by atoms with Gasteiger partial charge in [0.15, 0.2) is 5.96 Å². The number of aryl methyl sites for hydroxylation is 3. The molecule has 0 aliphatic carbocycles. The van der Waals surface area contributed by atoms with E-state index in [4.69, 9.17) is 9.26 Å². The second kappa shape index (κ2) is 11.9. The Morgan fingerprint density at radius 3 is 2.61 bits per heavy atom. The lowest BCUT2D eigenvalue weighted by Crippen LogP contribution is -2.38. The Labute approximate surface area is 185 Å². The summed E-state index contributed by atoms with van der Waals surface area (Å²) in [6.45, 7) is 11.6. The molecule has 6 nitrogen and oxygen atoms in total. The third kappa shape index (κ3) is 7.00. The van der Waals surface area contributed by atoms with Crippen LogP contribution in [0.15, 0.2) is 27.7 Å². The Hall–Kier alpha value is -1.77. The van der Waals surface area contributed by atoms with Crippen molar-refractivity contribution < 1.29 is 9.26 Å². The summed E-state index contributed by atoms with van der Waals surface area (Å²) in [6, 6.07) is 6.31. The fourth-order valence-electron chi connectivity index (χ4n) is 2.78. The van der Waals surface area contributed by atoms with E-state index in [0.717, 1.165) is 53.7 Å². The Kier molecular flexibility index (Phi) is 10.3. The van der Waals surface area contributed by atoms with Gasteiger partial charge in [-0.3, -0.25) is 4.99 Å². The zero-order valence-corrected chi connectivity index (χ0v) is 20.1. The van der Waals surface area contributed by atoms with E-state index in [1.807, 2.05) is 13.8 Å². The summed E-state index contributed by atoms with van der Waals surface area (Å²) in [5, 5.41) is 10.7. The molecule has 2 aromatic rings. The van der Waals surface area contributed by atoms with E-state index in [1.165, 1.54) is 5.56 Å². The summed E-state index contributed by atoms with van der Waals surface area (Å²) in [4.78, 5) is 4.31. The topological polar surface area (TPSA) is 71.7 Å². The summed E-state index contributed by atoms with van der Waals surface area (Å²) < 4.78 is 11.3. The van der Waals surface area contributed by atoms with Crippen LogP contribution in [0.3, 0.4) is 0 Å². The first kappa shape index (κ1) is 24.3. The normalized spacial score (nSPS) is 12.3. The minimum Gasteiger partial charge on any atom is -0.490 e. The van der Waals surface area contributed by atoms with E-state index in [9.17, 15) is 0 Å². The second-order valence-corrected chi connectivity index (χ2v) is 6.85. The Bertz CT molecular complexity index is 754. The standard InChI is InChI=1S/C21H32N4O2.HI/c1-7-15(3)26-20-12-14(2)8-9-18(20)13-24-21(22-6)23-11-10-19-16(4)25-27-17(19)5;/h8-9,12,15H,7,10-11,13H2,1-6H3,(H2,22,23,24);1H. The van der Waals surface area contributed by atoms with Crippen molar-refractivity contribution in [2.45, 2.75) is 60.1 Å². The number of ether oxygens (including phenoxy) is 1. The van der Waals surface area contributed by atoms with Gasteiger partial charge in [-0.05, 0) is 52.2 Å². The maximum Gasteiger partial charge on any atom is 0.191 e. The van der Waals surface area contributed by atoms with E-state index in [1.54, 1.807) is 7.05 Å². The van der Waals surface area contributed by atoms with E-state index in [2.05, 4.69) is 59.8 Å². The van der Waals surface area contributed by atoms with Crippen LogP contribution < -0.4 is 15.4 Å². The van der Waals surface area contributed by atoms with Gasteiger partial charge in [0.1, 0.15) is 11.5 Å². The van der Waals surface area contributed by atoms with Crippen molar-refractivity contribution in [1.82, 2.24) is 15.8 Å². The van der Waals surface area contributed by atoms with Gasteiger partial charge in [0.25, 0.3) is 0 Å². The van der Waals surface area contributed by atoms with Crippen molar-refractivity contribution in [2.24, 2.45) is 4.99 Å². The van der Waals surface area contributed by atoms with Crippen LogP contribution in [-0.2, 0) is 13.0 Å². The molecular formula is C21H33IN4O2. The van der Waals surface area contributed by atoms with Gasteiger partial charge in [-0.15, -0.1) is 24.0 Å². The third-order valence-corrected chi connectivity index (χ3v) is 4.64. The van der Waals surface area contributed by atoms with Crippen LogP contribution in [0, 0.1) is 20.8 Å². The highest BCUT2D eigenvalue weighted by molar-refractivity contribution is 14.0. The van der Waals surface area contributed by atoms with Gasteiger partial charge in [-0.25, -0.2) is 0 Å². The fourth-order valence-corrected chi connectivity index (χ4v) is 2.78. The minimum absolute atomic E-state index is 0. The highest BCUT2D eigenvalue weighted by atomic mass is 127. The fraction of sp³-hybridized carbons (Fsp3) is 0.524. The van der Waals surface area contributed by atoms with Crippen molar-refractivity contribution in [1.29, 1.82) is 0 Å². The van der Waals surface area contributed by atoms with Crippen LogP contribution >= 0.6 is 24.0 Å². The number of guanidine groups is 1. The second-order valence-electron chi connectivity index (χ2n) is 6.85. The van der Waals surface area contributed by atoms with Crippen LogP contribution in [0.4, 0.5) is 0 Å². The zero-order chi connectivity index (χ0) is 19.8. The van der Waals surface area contributed by atoms with Gasteiger partial charge >= 0.3 is 0 Å². The van der Waals surface area contributed by atoms with Crippen molar-refractivity contribution in [3.05, 3.63) is 46.3 Å². The number of hydrogen-bond acceptors (Lipinski definition) is 4. The van der Waals surface area contributed by atoms with Crippen molar-refractivity contribution >= 4 is 29.9 Å². The Balaban J connectivity index is 0.00000392. The molecule has 1 atom stereocenters. The summed E-state index contributed by atoms with van der Waals surface area (Å²) >= 11 is 0. The van der Waals surface area contributed by atoms with Gasteiger partial charge in [0.05, 0.1) is 11.8 Å². The number of nitrogens with one attached hydrogen (secondary N) is 2. The summed E-state index contributed by atoms with van der Waals surface area (Å²) in [7, 11) is 1.77. The molecule has 0 amide bonds. The number of halogens is 1. The average molecular weight is 500 g/mol. The van der Waals surface area contributed by atoms with Crippen molar-refractivity contribution in [3.63, 3.8) is 0 Å². The highest BCUT2D eigenvalue weighted by Crippen LogP contribution is 2.22. The number of nitrogens with zero attached hydrogens (tertiary/aromatic N) is 2. The molecule has 0 aliphatic heterocycles. The van der Waals surface area contributed by atoms with E-state index in [0.29, 0.717) is 6.54 Å². The smallest absolute Gasteiger partial charge is 0.191 e. The maximum atomic E-state index is 6.08. The maximum absolute atomic E-state index is 6.08. The number of benzene rings is 1. The molecule has 0 aliphatic rings. The highest BCUT2D eigenvalue weighted by Gasteiger charge is 2.10. The average Bonchev–Trinajstić information content (AvgIpc) is 2.97. The third-order valence-electron chi connectivity index (χ3n) is 4.64. The van der Waals surface area contributed by atoms with Gasteiger partial charge in [-0.2, -0.15) is 0 Å². The molecule has 0 fully saturated rings. The zero-order valence-electron chi connectivity index (χ0n) is 17.8.